The van der Waals surface area contributed by atoms with Crippen LogP contribution in [0.5, 0.6) is 5.75 Å². The van der Waals surface area contributed by atoms with Gasteiger partial charge in [-0.3, -0.25) is 9.78 Å². The van der Waals surface area contributed by atoms with E-state index in [1.54, 1.807) is 18.0 Å². The van der Waals surface area contributed by atoms with Gasteiger partial charge in [0, 0.05) is 28.0 Å². The molecule has 0 spiro atoms. The lowest BCUT2D eigenvalue weighted by atomic mass is 9.95. The lowest BCUT2D eigenvalue weighted by Crippen LogP contribution is -2.32. The molecule has 0 bridgehead atoms. The number of carbonyl (C=O) groups is 1. The van der Waals surface area contributed by atoms with E-state index < -0.39 is 6.04 Å². The molecule has 1 aromatic heterocycles. The van der Waals surface area contributed by atoms with Crippen LogP contribution in [-0.4, -0.2) is 22.3 Å². The predicted octanol–water partition coefficient (Wildman–Crippen LogP) is 4.52. The van der Waals surface area contributed by atoms with Crippen molar-refractivity contribution in [1.82, 2.24) is 10.3 Å². The molecule has 134 valence electrons. The van der Waals surface area contributed by atoms with E-state index in [2.05, 4.69) is 10.3 Å². The Balaban J connectivity index is 2.10. The summed E-state index contributed by atoms with van der Waals surface area (Å²) in [4.78, 5) is 17.8. The Morgan fingerprint density at radius 1 is 1.12 bits per heavy atom. The molecule has 0 saturated heterocycles. The number of rotatable bonds is 5. The number of thioether (sulfide) groups is 1. The fraction of sp³-hybridized carbons (Fsp3) is 0.238. The summed E-state index contributed by atoms with van der Waals surface area (Å²) in [6.45, 7) is 3.70. The van der Waals surface area contributed by atoms with E-state index in [0.29, 0.717) is 11.1 Å². The van der Waals surface area contributed by atoms with Crippen molar-refractivity contribution in [3.63, 3.8) is 0 Å². The third kappa shape index (κ3) is 3.68. The van der Waals surface area contributed by atoms with Crippen LogP contribution < -0.4 is 5.32 Å². The van der Waals surface area contributed by atoms with Crippen molar-refractivity contribution in [3.05, 3.63) is 65.9 Å². The first-order valence-electron chi connectivity index (χ1n) is 8.52. The van der Waals surface area contributed by atoms with E-state index in [0.717, 1.165) is 15.8 Å². The summed E-state index contributed by atoms with van der Waals surface area (Å²) in [5.41, 5.74) is 2.10. The number of aromatic hydroxyl groups is 1. The Morgan fingerprint density at radius 3 is 2.50 bits per heavy atom. The first-order valence-corrected chi connectivity index (χ1v) is 9.74. The quantitative estimate of drug-likeness (QED) is 0.652. The minimum absolute atomic E-state index is 0.0653. The third-order valence-corrected chi connectivity index (χ3v) is 5.09. The molecule has 0 radical (unpaired) electrons. The molecule has 5 heteroatoms. The van der Waals surface area contributed by atoms with Crippen molar-refractivity contribution in [2.75, 3.05) is 6.26 Å². The average molecular weight is 366 g/mol. The molecule has 3 aromatic rings. The largest absolute Gasteiger partial charge is 0.505 e. The van der Waals surface area contributed by atoms with Crippen LogP contribution in [0.25, 0.3) is 10.9 Å². The second kappa shape index (κ2) is 7.79. The number of hydrogen-bond donors (Lipinski definition) is 2. The zero-order valence-corrected chi connectivity index (χ0v) is 15.9. The normalized spacial score (nSPS) is 12.3. The van der Waals surface area contributed by atoms with E-state index in [-0.39, 0.29) is 17.6 Å². The summed E-state index contributed by atoms with van der Waals surface area (Å²) in [5, 5.41) is 14.7. The maximum absolute atomic E-state index is 12.4. The van der Waals surface area contributed by atoms with Gasteiger partial charge in [-0.25, -0.2) is 0 Å². The molecule has 2 aromatic carbocycles. The zero-order valence-electron chi connectivity index (χ0n) is 15.1. The number of fused-ring (bicyclic) bond motifs is 1. The van der Waals surface area contributed by atoms with Crippen LogP contribution in [-0.2, 0) is 4.79 Å². The van der Waals surface area contributed by atoms with E-state index in [1.165, 1.54) is 0 Å². The Hall–Kier alpha value is -2.53. The SMILES string of the molecule is CSc1ccc(C(NC(=O)C(C)C)c2ccc3cccnc3c2O)cc1. The Kier molecular flexibility index (Phi) is 5.47. The molecule has 0 aliphatic heterocycles. The van der Waals surface area contributed by atoms with Crippen LogP contribution in [0, 0.1) is 5.92 Å². The van der Waals surface area contributed by atoms with Gasteiger partial charge in [-0.1, -0.05) is 44.2 Å². The van der Waals surface area contributed by atoms with Crippen molar-refractivity contribution in [3.8, 4) is 5.75 Å². The number of nitrogens with one attached hydrogen (secondary N) is 1. The van der Waals surface area contributed by atoms with Gasteiger partial charge < -0.3 is 10.4 Å². The van der Waals surface area contributed by atoms with Gasteiger partial charge in [0.25, 0.3) is 0 Å². The van der Waals surface area contributed by atoms with Gasteiger partial charge >= 0.3 is 0 Å². The number of carbonyl (C=O) groups excluding carboxylic acids is 1. The molecular formula is C21H22N2O2S. The van der Waals surface area contributed by atoms with Crippen LogP contribution in [0.2, 0.25) is 0 Å². The highest BCUT2D eigenvalue weighted by Gasteiger charge is 2.22. The van der Waals surface area contributed by atoms with E-state index in [9.17, 15) is 9.90 Å². The Morgan fingerprint density at radius 2 is 1.85 bits per heavy atom. The van der Waals surface area contributed by atoms with Gasteiger partial charge in [0.05, 0.1) is 6.04 Å². The average Bonchev–Trinajstić information content (AvgIpc) is 2.67. The molecule has 1 amide bonds. The van der Waals surface area contributed by atoms with Crippen molar-refractivity contribution >= 4 is 28.6 Å². The molecular weight excluding hydrogens is 344 g/mol. The number of nitrogens with zero attached hydrogens (tertiary/aromatic N) is 1. The van der Waals surface area contributed by atoms with Gasteiger partial charge in [0.1, 0.15) is 11.3 Å². The standard InChI is InChI=1S/C21H22N2O2S/c1-13(2)21(25)23-18(15-6-9-16(26-3)10-7-15)17-11-8-14-5-4-12-22-19(14)20(17)24/h4-13,18,24H,1-3H3,(H,23,25). The summed E-state index contributed by atoms with van der Waals surface area (Å²) in [7, 11) is 0. The number of amides is 1. The molecule has 4 nitrogen and oxygen atoms in total. The molecule has 0 aliphatic rings. The number of phenols is 1. The van der Waals surface area contributed by atoms with Gasteiger partial charge in [-0.15, -0.1) is 11.8 Å². The maximum Gasteiger partial charge on any atom is 0.223 e. The molecule has 26 heavy (non-hydrogen) atoms. The maximum atomic E-state index is 12.4. The highest BCUT2D eigenvalue weighted by molar-refractivity contribution is 7.98. The highest BCUT2D eigenvalue weighted by Crippen LogP contribution is 2.35. The van der Waals surface area contributed by atoms with Crippen LogP contribution in [0.1, 0.15) is 31.0 Å². The summed E-state index contributed by atoms with van der Waals surface area (Å²) < 4.78 is 0. The van der Waals surface area contributed by atoms with Crippen molar-refractivity contribution in [2.24, 2.45) is 5.92 Å². The summed E-state index contributed by atoms with van der Waals surface area (Å²) >= 11 is 1.66. The molecule has 0 saturated carbocycles. The molecule has 1 heterocycles. The molecule has 1 atom stereocenters. The fourth-order valence-electron chi connectivity index (χ4n) is 2.82. The number of benzene rings is 2. The lowest BCUT2D eigenvalue weighted by Gasteiger charge is -2.22. The molecule has 0 fully saturated rings. The minimum atomic E-state index is -0.438. The lowest BCUT2D eigenvalue weighted by molar-refractivity contribution is -0.124. The van der Waals surface area contributed by atoms with Gasteiger partial charge in [0.2, 0.25) is 5.91 Å². The van der Waals surface area contributed by atoms with Gasteiger partial charge in [-0.2, -0.15) is 0 Å². The number of phenolic OH excluding ortho intramolecular Hbond substituents is 1. The number of pyridine rings is 1. The predicted molar refractivity (Wildman–Crippen MR) is 106 cm³/mol. The van der Waals surface area contributed by atoms with Crippen LogP contribution in [0.4, 0.5) is 0 Å². The van der Waals surface area contributed by atoms with E-state index >= 15 is 0 Å². The molecule has 0 aliphatic carbocycles. The van der Waals surface area contributed by atoms with Crippen LogP contribution >= 0.6 is 11.8 Å². The molecule has 2 N–H and O–H groups in total. The second-order valence-electron chi connectivity index (χ2n) is 6.45. The van der Waals surface area contributed by atoms with Crippen LogP contribution in [0.15, 0.2) is 59.6 Å². The van der Waals surface area contributed by atoms with Crippen molar-refractivity contribution in [1.29, 1.82) is 0 Å². The molecule has 1 unspecified atom stereocenters. The van der Waals surface area contributed by atoms with Gasteiger partial charge in [0.15, 0.2) is 0 Å². The number of aromatic nitrogens is 1. The van der Waals surface area contributed by atoms with Crippen molar-refractivity contribution in [2.45, 2.75) is 24.8 Å². The summed E-state index contributed by atoms with van der Waals surface area (Å²) in [6, 6.07) is 15.1. The van der Waals surface area contributed by atoms with E-state index in [1.807, 2.05) is 68.6 Å². The smallest absolute Gasteiger partial charge is 0.223 e. The Bertz CT molecular complexity index is 923. The summed E-state index contributed by atoms with van der Waals surface area (Å²) in [6.07, 6.45) is 3.68. The second-order valence-corrected chi connectivity index (χ2v) is 7.33. The first-order chi connectivity index (χ1) is 12.5. The summed E-state index contributed by atoms with van der Waals surface area (Å²) in [5.74, 6) is -0.112. The third-order valence-electron chi connectivity index (χ3n) is 4.35. The fourth-order valence-corrected chi connectivity index (χ4v) is 3.23. The first kappa shape index (κ1) is 18.3. The Labute approximate surface area is 157 Å². The number of hydrogen-bond acceptors (Lipinski definition) is 4. The van der Waals surface area contributed by atoms with E-state index in [4.69, 9.17) is 0 Å². The zero-order chi connectivity index (χ0) is 18.7. The highest BCUT2D eigenvalue weighted by atomic mass is 32.2. The van der Waals surface area contributed by atoms with Gasteiger partial charge in [-0.05, 0) is 30.0 Å². The van der Waals surface area contributed by atoms with Crippen molar-refractivity contribution < 1.29 is 9.90 Å². The minimum Gasteiger partial charge on any atom is -0.505 e. The topological polar surface area (TPSA) is 62.2 Å². The molecule has 3 rings (SSSR count). The van der Waals surface area contributed by atoms with Crippen LogP contribution in [0.3, 0.4) is 0 Å². The monoisotopic (exact) mass is 366 g/mol.